The summed E-state index contributed by atoms with van der Waals surface area (Å²) in [4.78, 5) is 34.8. The fraction of sp³-hybridized carbons (Fsp3) is 0.300. The first kappa shape index (κ1) is 25.6. The van der Waals surface area contributed by atoms with Crippen LogP contribution < -0.4 is 10.9 Å². The molecule has 196 valence electrons. The van der Waals surface area contributed by atoms with Gasteiger partial charge in [-0.3, -0.25) is 9.59 Å². The predicted molar refractivity (Wildman–Crippen MR) is 147 cm³/mol. The standard InChI is InChI=1S/C30H31FN4O3/c1-17-15-35(16-18(2)38-17)30(37)21-8-10-24(11-9-21)32-19(3)25-13-27-28(33-20(4)34-29(27)36)14-26(25)22-6-5-7-23(31)12-22/h5-14,17-19,32H,15-16H2,1-4H3,(H,33,34,36). The summed E-state index contributed by atoms with van der Waals surface area (Å²) >= 11 is 0. The van der Waals surface area contributed by atoms with E-state index >= 15 is 0 Å². The number of aryl methyl sites for hydroxylation is 1. The van der Waals surface area contributed by atoms with E-state index in [0.717, 1.165) is 16.8 Å². The third-order valence-electron chi connectivity index (χ3n) is 6.82. The van der Waals surface area contributed by atoms with Crippen LogP contribution in [0.25, 0.3) is 22.0 Å². The molecule has 0 radical (unpaired) electrons. The van der Waals surface area contributed by atoms with Gasteiger partial charge >= 0.3 is 0 Å². The molecule has 1 aliphatic heterocycles. The van der Waals surface area contributed by atoms with Gasteiger partial charge in [0.1, 0.15) is 11.6 Å². The molecular weight excluding hydrogens is 483 g/mol. The summed E-state index contributed by atoms with van der Waals surface area (Å²) in [5.74, 6) is 0.160. The highest BCUT2D eigenvalue weighted by atomic mass is 19.1. The number of ether oxygens (including phenoxy) is 1. The Balaban J connectivity index is 1.44. The van der Waals surface area contributed by atoms with Gasteiger partial charge in [0, 0.05) is 30.4 Å². The molecule has 1 saturated heterocycles. The Bertz CT molecular complexity index is 1540. The lowest BCUT2D eigenvalue weighted by atomic mass is 9.93. The number of morpholine rings is 1. The van der Waals surface area contributed by atoms with Crippen LogP contribution in [0.5, 0.6) is 0 Å². The second-order valence-corrected chi connectivity index (χ2v) is 10.0. The van der Waals surface area contributed by atoms with E-state index in [0.29, 0.717) is 40.9 Å². The molecule has 1 aromatic heterocycles. The molecule has 38 heavy (non-hydrogen) atoms. The Morgan fingerprint density at radius 2 is 1.82 bits per heavy atom. The maximum absolute atomic E-state index is 14.1. The van der Waals surface area contributed by atoms with Crippen molar-refractivity contribution in [2.24, 2.45) is 0 Å². The molecule has 3 unspecified atom stereocenters. The summed E-state index contributed by atoms with van der Waals surface area (Å²) in [5.41, 5.74) is 4.08. The number of nitrogens with one attached hydrogen (secondary N) is 2. The zero-order chi connectivity index (χ0) is 27.0. The first-order chi connectivity index (χ1) is 18.2. The van der Waals surface area contributed by atoms with Crippen molar-refractivity contribution >= 4 is 22.5 Å². The van der Waals surface area contributed by atoms with Crippen LogP contribution in [-0.2, 0) is 4.74 Å². The molecule has 2 heterocycles. The molecule has 1 aliphatic rings. The van der Waals surface area contributed by atoms with E-state index in [9.17, 15) is 14.0 Å². The first-order valence-corrected chi connectivity index (χ1v) is 12.8. The van der Waals surface area contributed by atoms with E-state index in [1.165, 1.54) is 12.1 Å². The van der Waals surface area contributed by atoms with Crippen LogP contribution in [0, 0.1) is 12.7 Å². The number of rotatable bonds is 5. The van der Waals surface area contributed by atoms with Crippen LogP contribution in [0.1, 0.15) is 48.6 Å². The number of carbonyl (C=O) groups excluding carboxylic acids is 1. The summed E-state index contributed by atoms with van der Waals surface area (Å²) in [5, 5.41) is 3.93. The molecule has 7 nitrogen and oxygen atoms in total. The fourth-order valence-corrected chi connectivity index (χ4v) is 5.15. The lowest BCUT2D eigenvalue weighted by molar-refractivity contribution is -0.0586. The van der Waals surface area contributed by atoms with Crippen molar-refractivity contribution in [2.45, 2.75) is 45.9 Å². The van der Waals surface area contributed by atoms with E-state index in [-0.39, 0.29) is 35.5 Å². The number of H-pyrrole nitrogens is 1. The van der Waals surface area contributed by atoms with Gasteiger partial charge in [-0.25, -0.2) is 9.37 Å². The maximum atomic E-state index is 14.1. The van der Waals surface area contributed by atoms with Gasteiger partial charge in [0.05, 0.1) is 23.1 Å². The Hall–Kier alpha value is -4.04. The molecule has 1 fully saturated rings. The number of carbonyl (C=O) groups is 1. The number of hydrogen-bond donors (Lipinski definition) is 2. The van der Waals surface area contributed by atoms with E-state index in [1.807, 2.05) is 68.1 Å². The SMILES string of the molecule is Cc1nc2cc(-c3cccc(F)c3)c(C(C)Nc3ccc(C(=O)N4CC(C)OC(C)C4)cc3)cc2c(=O)[nH]1. The normalized spacial score (nSPS) is 18.4. The predicted octanol–water partition coefficient (Wildman–Crippen LogP) is 5.46. The fourth-order valence-electron chi connectivity index (χ4n) is 5.15. The maximum Gasteiger partial charge on any atom is 0.258 e. The van der Waals surface area contributed by atoms with Crippen LogP contribution in [-0.4, -0.2) is 46.1 Å². The molecule has 8 heteroatoms. The summed E-state index contributed by atoms with van der Waals surface area (Å²) < 4.78 is 19.9. The highest BCUT2D eigenvalue weighted by Crippen LogP contribution is 2.33. The van der Waals surface area contributed by atoms with E-state index < -0.39 is 0 Å². The smallest absolute Gasteiger partial charge is 0.258 e. The Kier molecular flexibility index (Phi) is 6.99. The molecular formula is C30H31FN4O3. The molecule has 2 N–H and O–H groups in total. The zero-order valence-electron chi connectivity index (χ0n) is 21.9. The second-order valence-electron chi connectivity index (χ2n) is 10.0. The van der Waals surface area contributed by atoms with Gasteiger partial charge in [-0.1, -0.05) is 12.1 Å². The molecule has 0 bridgehead atoms. The van der Waals surface area contributed by atoms with Crippen molar-refractivity contribution in [1.82, 2.24) is 14.9 Å². The lowest BCUT2D eigenvalue weighted by Gasteiger charge is -2.35. The number of amides is 1. The van der Waals surface area contributed by atoms with Crippen LogP contribution in [0.2, 0.25) is 0 Å². The Labute approximate surface area is 220 Å². The zero-order valence-corrected chi connectivity index (χ0v) is 21.9. The Morgan fingerprint density at radius 1 is 1.11 bits per heavy atom. The summed E-state index contributed by atoms with van der Waals surface area (Å²) in [6.45, 7) is 8.79. The van der Waals surface area contributed by atoms with Crippen molar-refractivity contribution < 1.29 is 13.9 Å². The number of aromatic amines is 1. The van der Waals surface area contributed by atoms with Gasteiger partial charge in [-0.05, 0) is 92.9 Å². The average molecular weight is 515 g/mol. The minimum absolute atomic E-state index is 0.00470. The minimum Gasteiger partial charge on any atom is -0.378 e. The van der Waals surface area contributed by atoms with Crippen LogP contribution >= 0.6 is 0 Å². The Morgan fingerprint density at radius 3 is 2.50 bits per heavy atom. The molecule has 0 spiro atoms. The number of hydrogen-bond acceptors (Lipinski definition) is 5. The molecule has 0 saturated carbocycles. The summed E-state index contributed by atoms with van der Waals surface area (Å²) in [7, 11) is 0. The van der Waals surface area contributed by atoms with Gasteiger partial charge < -0.3 is 19.9 Å². The van der Waals surface area contributed by atoms with E-state index in [1.54, 1.807) is 13.0 Å². The van der Waals surface area contributed by atoms with Crippen molar-refractivity contribution in [1.29, 1.82) is 0 Å². The highest BCUT2D eigenvalue weighted by Gasteiger charge is 2.26. The number of benzene rings is 3. The third kappa shape index (κ3) is 5.31. The topological polar surface area (TPSA) is 87.3 Å². The van der Waals surface area contributed by atoms with Gasteiger partial charge in [-0.15, -0.1) is 0 Å². The van der Waals surface area contributed by atoms with E-state index in [2.05, 4.69) is 15.3 Å². The highest BCUT2D eigenvalue weighted by molar-refractivity contribution is 5.94. The molecule has 3 atom stereocenters. The molecule has 1 amide bonds. The molecule has 3 aromatic carbocycles. The quantitative estimate of drug-likeness (QED) is 0.369. The number of nitrogens with zero attached hydrogens (tertiary/aromatic N) is 2. The third-order valence-corrected chi connectivity index (χ3v) is 6.82. The van der Waals surface area contributed by atoms with Gasteiger partial charge in [0.25, 0.3) is 11.5 Å². The second kappa shape index (κ2) is 10.4. The van der Waals surface area contributed by atoms with Crippen LogP contribution in [0.4, 0.5) is 10.1 Å². The summed E-state index contributed by atoms with van der Waals surface area (Å²) in [6.07, 6.45) is 0.00941. The van der Waals surface area contributed by atoms with Crippen molar-refractivity contribution in [3.63, 3.8) is 0 Å². The largest absolute Gasteiger partial charge is 0.378 e. The number of aromatic nitrogens is 2. The van der Waals surface area contributed by atoms with Crippen molar-refractivity contribution in [3.8, 4) is 11.1 Å². The van der Waals surface area contributed by atoms with Gasteiger partial charge in [0.2, 0.25) is 0 Å². The number of anilines is 1. The number of fused-ring (bicyclic) bond motifs is 1. The van der Waals surface area contributed by atoms with Crippen LogP contribution in [0.15, 0.2) is 65.5 Å². The van der Waals surface area contributed by atoms with Gasteiger partial charge in [-0.2, -0.15) is 0 Å². The first-order valence-electron chi connectivity index (χ1n) is 12.8. The molecule has 0 aliphatic carbocycles. The number of halogens is 1. The average Bonchev–Trinajstić information content (AvgIpc) is 2.87. The van der Waals surface area contributed by atoms with Crippen LogP contribution in [0.3, 0.4) is 0 Å². The molecule has 5 rings (SSSR count). The minimum atomic E-state index is -0.339. The lowest BCUT2D eigenvalue weighted by Crippen LogP contribution is -2.48. The monoisotopic (exact) mass is 514 g/mol. The van der Waals surface area contributed by atoms with Crippen molar-refractivity contribution in [3.05, 3.63) is 93.8 Å². The van der Waals surface area contributed by atoms with Crippen molar-refractivity contribution in [2.75, 3.05) is 18.4 Å². The molecule has 4 aromatic rings. The van der Waals surface area contributed by atoms with E-state index in [4.69, 9.17) is 4.74 Å². The van der Waals surface area contributed by atoms with Gasteiger partial charge in [0.15, 0.2) is 0 Å². The summed E-state index contributed by atoms with van der Waals surface area (Å²) in [6, 6.07) is 17.2.